The number of alkyl halides is 3. The van der Waals surface area contributed by atoms with E-state index >= 15 is 0 Å². The Morgan fingerprint density at radius 3 is 2.28 bits per heavy atom. The van der Waals surface area contributed by atoms with E-state index in [9.17, 15) is 18.0 Å². The molecule has 3 N–H and O–H groups in total. The fourth-order valence-electron chi connectivity index (χ4n) is 5.09. The Labute approximate surface area is 211 Å². The summed E-state index contributed by atoms with van der Waals surface area (Å²) in [5.74, 6) is 0.0631. The highest BCUT2D eigenvalue weighted by Crippen LogP contribution is 2.35. The van der Waals surface area contributed by atoms with Gasteiger partial charge in [-0.2, -0.15) is 13.2 Å². The van der Waals surface area contributed by atoms with E-state index in [1.165, 1.54) is 17.3 Å². The molecule has 6 nitrogen and oxygen atoms in total. The molecule has 2 aromatic rings. The van der Waals surface area contributed by atoms with E-state index in [1.807, 2.05) is 11.8 Å². The van der Waals surface area contributed by atoms with Crippen LogP contribution in [0.15, 0.2) is 42.5 Å². The van der Waals surface area contributed by atoms with Gasteiger partial charge in [0.15, 0.2) is 0 Å². The van der Waals surface area contributed by atoms with Crippen molar-refractivity contribution in [3.63, 3.8) is 0 Å². The normalized spacial score (nSPS) is 18.8. The number of halogens is 3. The van der Waals surface area contributed by atoms with E-state index in [0.29, 0.717) is 31.6 Å². The third-order valence-corrected chi connectivity index (χ3v) is 7.26. The number of rotatable bonds is 6. The van der Waals surface area contributed by atoms with Crippen LogP contribution in [0.3, 0.4) is 0 Å². The first-order valence-corrected chi connectivity index (χ1v) is 12.7. The zero-order chi connectivity index (χ0) is 25.9. The van der Waals surface area contributed by atoms with Crippen LogP contribution in [0.1, 0.15) is 30.9 Å². The van der Waals surface area contributed by atoms with Crippen LogP contribution in [0.25, 0.3) is 0 Å². The maximum Gasteiger partial charge on any atom is 0.418 e. The molecule has 0 bridgehead atoms. The number of hydrogen-bond acceptors (Lipinski definition) is 5. The van der Waals surface area contributed by atoms with Crippen molar-refractivity contribution in [1.82, 2.24) is 9.80 Å². The number of anilines is 3. The van der Waals surface area contributed by atoms with E-state index in [0.717, 1.165) is 38.8 Å². The van der Waals surface area contributed by atoms with Crippen molar-refractivity contribution in [3.05, 3.63) is 53.6 Å². The second-order valence-corrected chi connectivity index (χ2v) is 10.1. The van der Waals surface area contributed by atoms with Crippen LogP contribution in [0.2, 0.25) is 0 Å². The fourth-order valence-corrected chi connectivity index (χ4v) is 5.09. The third kappa shape index (κ3) is 6.43. The second-order valence-electron chi connectivity index (χ2n) is 10.1. The van der Waals surface area contributed by atoms with Crippen molar-refractivity contribution in [3.8, 4) is 0 Å². The largest absolute Gasteiger partial charge is 0.418 e. The average molecular weight is 504 g/mol. The Hall–Kier alpha value is -2.94. The van der Waals surface area contributed by atoms with Gasteiger partial charge in [-0.05, 0) is 50.1 Å². The smallest absolute Gasteiger partial charge is 0.398 e. The van der Waals surface area contributed by atoms with Gasteiger partial charge >= 0.3 is 6.18 Å². The summed E-state index contributed by atoms with van der Waals surface area (Å²) >= 11 is 0. The number of aryl methyl sites for hydroxylation is 1. The summed E-state index contributed by atoms with van der Waals surface area (Å²) in [6, 6.07) is 12.5. The van der Waals surface area contributed by atoms with Gasteiger partial charge in [-0.15, -0.1) is 0 Å². The number of nitrogens with two attached hydrogens (primary N) is 1. The van der Waals surface area contributed by atoms with Crippen LogP contribution in [0.4, 0.5) is 30.2 Å². The summed E-state index contributed by atoms with van der Waals surface area (Å²) in [7, 11) is 0. The lowest BCUT2D eigenvalue weighted by molar-refractivity contribution is -0.137. The van der Waals surface area contributed by atoms with Gasteiger partial charge in [-0.3, -0.25) is 9.69 Å². The van der Waals surface area contributed by atoms with Crippen LogP contribution in [-0.4, -0.2) is 67.6 Å². The number of hydrogen-bond donors (Lipinski definition) is 2. The number of piperidine rings is 1. The molecule has 4 rings (SSSR count). The Morgan fingerprint density at radius 2 is 1.67 bits per heavy atom. The lowest BCUT2D eigenvalue weighted by Crippen LogP contribution is -2.50. The van der Waals surface area contributed by atoms with Crippen LogP contribution in [-0.2, 0) is 11.0 Å². The van der Waals surface area contributed by atoms with E-state index in [4.69, 9.17) is 5.73 Å². The summed E-state index contributed by atoms with van der Waals surface area (Å²) < 4.78 is 39.4. The topological polar surface area (TPSA) is 64.8 Å². The van der Waals surface area contributed by atoms with Gasteiger partial charge < -0.3 is 20.9 Å². The number of amides is 1. The lowest BCUT2D eigenvalue weighted by Gasteiger charge is -2.38. The zero-order valence-corrected chi connectivity index (χ0v) is 21.0. The Morgan fingerprint density at radius 1 is 1.03 bits per heavy atom. The minimum Gasteiger partial charge on any atom is -0.398 e. The monoisotopic (exact) mass is 503 g/mol. The maximum absolute atomic E-state index is 13.1. The molecule has 2 heterocycles. The molecule has 2 aliphatic rings. The van der Waals surface area contributed by atoms with Crippen LogP contribution in [0.5, 0.6) is 0 Å². The number of nitrogen functional groups attached to an aromatic ring is 1. The van der Waals surface area contributed by atoms with Gasteiger partial charge in [0.25, 0.3) is 0 Å². The molecule has 9 heteroatoms. The molecule has 0 spiro atoms. The second kappa shape index (κ2) is 11.0. The van der Waals surface area contributed by atoms with Crippen LogP contribution >= 0.6 is 0 Å². The molecular weight excluding hydrogens is 467 g/mol. The Balaban J connectivity index is 1.22. The lowest BCUT2D eigenvalue weighted by atomic mass is 10.0. The minimum atomic E-state index is -4.49. The molecule has 0 saturated carbocycles. The Bertz CT molecular complexity index is 1030. The molecule has 2 aromatic carbocycles. The van der Waals surface area contributed by atoms with Crippen molar-refractivity contribution in [2.24, 2.45) is 5.92 Å². The molecule has 0 radical (unpaired) electrons. The summed E-state index contributed by atoms with van der Waals surface area (Å²) in [4.78, 5) is 19.7. The molecule has 1 amide bonds. The number of carbonyl (C=O) groups excluding carboxylic acids is 1. The molecular formula is C27H36F3N5O. The first kappa shape index (κ1) is 26.1. The first-order chi connectivity index (χ1) is 17.1. The standard InChI is InChI=1S/C27H36F3N5O/c1-19-3-6-23(7-4-19)34-15-13-33(14-16-34)18-20(2)26(36)35-11-9-21(10-12-35)32-22-5-8-25(31)24(17-22)27(28,29)30/h3-8,17,20-21,32H,9-16,18,31H2,1-2H3. The molecule has 1 atom stereocenters. The molecule has 196 valence electrons. The number of likely N-dealkylation sites (tertiary alicyclic amines) is 1. The summed E-state index contributed by atoms with van der Waals surface area (Å²) in [6.45, 7) is 9.78. The highest BCUT2D eigenvalue weighted by molar-refractivity contribution is 5.78. The van der Waals surface area contributed by atoms with E-state index in [2.05, 4.69) is 46.3 Å². The fraction of sp³-hybridized carbons (Fsp3) is 0.519. The molecule has 0 aromatic heterocycles. The first-order valence-electron chi connectivity index (χ1n) is 12.7. The Kier molecular flexibility index (Phi) is 7.97. The number of carbonyl (C=O) groups is 1. The van der Waals surface area contributed by atoms with Gasteiger partial charge in [0, 0.05) is 74.8 Å². The molecule has 2 fully saturated rings. The molecule has 0 aliphatic carbocycles. The van der Waals surface area contributed by atoms with Crippen LogP contribution in [0, 0.1) is 12.8 Å². The van der Waals surface area contributed by atoms with Crippen molar-refractivity contribution in [2.75, 3.05) is 61.8 Å². The zero-order valence-electron chi connectivity index (χ0n) is 21.0. The van der Waals surface area contributed by atoms with Crippen molar-refractivity contribution >= 4 is 23.0 Å². The van der Waals surface area contributed by atoms with Gasteiger partial charge in [-0.25, -0.2) is 0 Å². The molecule has 36 heavy (non-hydrogen) atoms. The summed E-state index contributed by atoms with van der Waals surface area (Å²) in [5.41, 5.74) is 7.29. The van der Waals surface area contributed by atoms with Crippen LogP contribution < -0.4 is 16.0 Å². The maximum atomic E-state index is 13.1. The quantitative estimate of drug-likeness (QED) is 0.570. The molecule has 2 saturated heterocycles. The summed E-state index contributed by atoms with van der Waals surface area (Å²) in [6.07, 6.45) is -3.10. The number of piperazine rings is 1. The van der Waals surface area contributed by atoms with Gasteiger partial charge in [0.05, 0.1) is 5.56 Å². The van der Waals surface area contributed by atoms with Gasteiger partial charge in [0.2, 0.25) is 5.91 Å². The predicted molar refractivity (Wildman–Crippen MR) is 138 cm³/mol. The SMILES string of the molecule is Cc1ccc(N2CCN(CC(C)C(=O)N3CCC(Nc4ccc(N)c(C(F)(F)F)c4)CC3)CC2)cc1. The predicted octanol–water partition coefficient (Wildman–Crippen LogP) is 4.46. The van der Waals surface area contributed by atoms with E-state index in [-0.39, 0.29) is 23.6 Å². The van der Waals surface area contributed by atoms with Crippen molar-refractivity contribution < 1.29 is 18.0 Å². The highest BCUT2D eigenvalue weighted by atomic mass is 19.4. The number of nitrogens with zero attached hydrogens (tertiary/aromatic N) is 3. The van der Waals surface area contributed by atoms with Gasteiger partial charge in [0.1, 0.15) is 0 Å². The molecule has 1 unspecified atom stereocenters. The summed E-state index contributed by atoms with van der Waals surface area (Å²) in [5, 5.41) is 3.19. The van der Waals surface area contributed by atoms with Crippen molar-refractivity contribution in [2.45, 2.75) is 38.9 Å². The van der Waals surface area contributed by atoms with Gasteiger partial charge in [-0.1, -0.05) is 24.6 Å². The number of benzene rings is 2. The highest BCUT2D eigenvalue weighted by Gasteiger charge is 2.33. The van der Waals surface area contributed by atoms with Crippen molar-refractivity contribution in [1.29, 1.82) is 0 Å². The minimum absolute atomic E-state index is 0.0175. The third-order valence-electron chi connectivity index (χ3n) is 7.26. The number of nitrogens with one attached hydrogen (secondary N) is 1. The average Bonchev–Trinajstić information content (AvgIpc) is 2.85. The van der Waals surface area contributed by atoms with E-state index in [1.54, 1.807) is 6.07 Å². The molecule has 2 aliphatic heterocycles. The van der Waals surface area contributed by atoms with E-state index < -0.39 is 11.7 Å².